The first-order chi connectivity index (χ1) is 14.0. The van der Waals surface area contributed by atoms with E-state index in [1.807, 2.05) is 13.0 Å². The highest BCUT2D eigenvalue weighted by molar-refractivity contribution is 5.95. The molecular weight excluding hydrogens is 366 g/mol. The van der Waals surface area contributed by atoms with Gasteiger partial charge in [-0.3, -0.25) is 14.6 Å². The van der Waals surface area contributed by atoms with Gasteiger partial charge in [0, 0.05) is 11.6 Å². The molecule has 29 heavy (non-hydrogen) atoms. The van der Waals surface area contributed by atoms with Crippen molar-refractivity contribution < 1.29 is 4.79 Å². The number of carbonyl (C=O) groups excluding carboxylic acids is 1. The number of rotatable bonds is 3. The smallest absolute Gasteiger partial charge is 0.255 e. The van der Waals surface area contributed by atoms with Gasteiger partial charge < -0.3 is 5.32 Å². The quantitative estimate of drug-likeness (QED) is 0.839. The molecule has 5 aliphatic carbocycles. The Kier molecular flexibility index (Phi) is 3.62. The van der Waals surface area contributed by atoms with Crippen LogP contribution >= 0.6 is 0 Å². The number of nitrogens with zero attached hydrogens (tertiary/aromatic N) is 3. The highest BCUT2D eigenvalue weighted by Crippen LogP contribution is 2.60. The predicted octanol–water partition coefficient (Wildman–Crippen LogP) is 2.91. The largest absolute Gasteiger partial charge is 0.310 e. The predicted molar refractivity (Wildman–Crippen MR) is 108 cm³/mol. The van der Waals surface area contributed by atoms with Crippen LogP contribution in [0.4, 0.5) is 5.82 Å². The maximum absolute atomic E-state index is 13.5. The summed E-state index contributed by atoms with van der Waals surface area (Å²) in [4.78, 5) is 33.4. The first-order valence-corrected chi connectivity index (χ1v) is 11.0. The van der Waals surface area contributed by atoms with Crippen LogP contribution in [0.1, 0.15) is 61.9 Å². The van der Waals surface area contributed by atoms with Crippen molar-refractivity contribution in [3.05, 3.63) is 33.4 Å². The fraction of sp³-hybridized carbons (Fsp3) is 0.636. The Morgan fingerprint density at radius 3 is 2.55 bits per heavy atom. The van der Waals surface area contributed by atoms with Gasteiger partial charge in [0.15, 0.2) is 0 Å². The molecule has 4 bridgehead atoms. The second-order valence-corrected chi connectivity index (χ2v) is 9.90. The van der Waals surface area contributed by atoms with Gasteiger partial charge in [-0.25, -0.2) is 4.98 Å². The Balaban J connectivity index is 1.33. The van der Waals surface area contributed by atoms with Crippen molar-refractivity contribution in [2.24, 2.45) is 23.2 Å². The van der Waals surface area contributed by atoms with Gasteiger partial charge in [0.2, 0.25) is 11.9 Å². The van der Waals surface area contributed by atoms with E-state index in [2.05, 4.69) is 20.4 Å². The van der Waals surface area contributed by atoms with E-state index in [0.29, 0.717) is 29.5 Å². The molecule has 0 spiro atoms. The third-order valence-corrected chi connectivity index (χ3v) is 7.72. The Bertz CT molecular complexity index is 1030. The molecule has 1 amide bonds. The van der Waals surface area contributed by atoms with Gasteiger partial charge in [-0.2, -0.15) is 9.78 Å². The van der Waals surface area contributed by atoms with Crippen molar-refractivity contribution in [1.82, 2.24) is 19.7 Å². The van der Waals surface area contributed by atoms with Crippen molar-refractivity contribution in [1.29, 1.82) is 0 Å². The molecule has 7 rings (SSSR count). The summed E-state index contributed by atoms with van der Waals surface area (Å²) in [6, 6.07) is 1.87. The van der Waals surface area contributed by atoms with Gasteiger partial charge in [-0.1, -0.05) is 0 Å². The molecular formula is C22H27N5O2. The van der Waals surface area contributed by atoms with Gasteiger partial charge in [-0.15, -0.1) is 0 Å². The van der Waals surface area contributed by atoms with Crippen LogP contribution in [0.5, 0.6) is 0 Å². The second kappa shape index (κ2) is 6.03. The highest BCUT2D eigenvalue weighted by atomic mass is 16.2. The van der Waals surface area contributed by atoms with Crippen LogP contribution in [0.2, 0.25) is 0 Å². The van der Waals surface area contributed by atoms with Gasteiger partial charge in [-0.05, 0) is 82.5 Å². The molecule has 0 radical (unpaired) electrons. The van der Waals surface area contributed by atoms with Crippen molar-refractivity contribution in [3.63, 3.8) is 0 Å². The Morgan fingerprint density at radius 2 is 1.86 bits per heavy atom. The maximum Gasteiger partial charge on any atom is 0.255 e. The number of fused-ring (bicyclic) bond motifs is 1. The number of nitrogens with one attached hydrogen (secondary N) is 2. The molecule has 7 heteroatoms. The number of hydrogen-bond donors (Lipinski definition) is 2. The van der Waals surface area contributed by atoms with Crippen LogP contribution in [0.3, 0.4) is 0 Å². The van der Waals surface area contributed by atoms with Crippen molar-refractivity contribution >= 4 is 11.7 Å². The summed E-state index contributed by atoms with van der Waals surface area (Å²) in [6.07, 6.45) is 9.55. The number of carbonyl (C=O) groups is 1. The minimum atomic E-state index is -0.226. The summed E-state index contributed by atoms with van der Waals surface area (Å²) in [6.45, 7) is 1.89. The third-order valence-electron chi connectivity index (χ3n) is 7.72. The molecule has 0 aliphatic heterocycles. The lowest BCUT2D eigenvalue weighted by molar-refractivity contribution is -0.140. The summed E-state index contributed by atoms with van der Waals surface area (Å²) >= 11 is 0. The molecule has 0 unspecified atom stereocenters. The molecule has 0 atom stereocenters. The van der Waals surface area contributed by atoms with E-state index in [-0.39, 0.29) is 16.9 Å². The van der Waals surface area contributed by atoms with E-state index in [1.54, 1.807) is 4.68 Å². The van der Waals surface area contributed by atoms with E-state index in [1.165, 1.54) is 19.3 Å². The fourth-order valence-corrected chi connectivity index (χ4v) is 6.92. The second-order valence-electron chi connectivity index (χ2n) is 9.90. The van der Waals surface area contributed by atoms with E-state index < -0.39 is 0 Å². The van der Waals surface area contributed by atoms with E-state index >= 15 is 0 Å². The lowest BCUT2D eigenvalue weighted by Gasteiger charge is -2.55. The molecule has 2 aromatic rings. The van der Waals surface area contributed by atoms with Crippen LogP contribution in [-0.4, -0.2) is 25.7 Å². The maximum atomic E-state index is 13.5. The summed E-state index contributed by atoms with van der Waals surface area (Å²) < 4.78 is 1.59. The number of hydrogen-bond acceptors (Lipinski definition) is 4. The SMILES string of the molecule is Cc1cc(NC(=O)C23CC4CC(CC(C4)C2)C3)n(-c2nc3c(c(=O)[nH]2)CCC3)n1. The van der Waals surface area contributed by atoms with Crippen LogP contribution in [0.25, 0.3) is 5.95 Å². The van der Waals surface area contributed by atoms with Gasteiger partial charge in [0.25, 0.3) is 5.56 Å². The van der Waals surface area contributed by atoms with Crippen LogP contribution < -0.4 is 10.9 Å². The highest BCUT2D eigenvalue weighted by Gasteiger charge is 2.54. The van der Waals surface area contributed by atoms with Gasteiger partial charge in [0.1, 0.15) is 5.82 Å². The molecule has 4 saturated carbocycles. The van der Waals surface area contributed by atoms with Crippen molar-refractivity contribution in [2.75, 3.05) is 5.32 Å². The monoisotopic (exact) mass is 393 g/mol. The first-order valence-electron chi connectivity index (χ1n) is 11.0. The van der Waals surface area contributed by atoms with Gasteiger partial charge in [0.05, 0.1) is 16.8 Å². The minimum Gasteiger partial charge on any atom is -0.310 e. The molecule has 0 saturated heterocycles. The number of amides is 1. The topological polar surface area (TPSA) is 92.7 Å². The van der Waals surface area contributed by atoms with Crippen molar-refractivity contribution in [2.45, 2.75) is 64.7 Å². The summed E-state index contributed by atoms with van der Waals surface area (Å²) in [5.74, 6) is 3.27. The standard InChI is InChI=1S/C22H27N5O2/c1-12-5-18(27(26-12)21-23-17-4-2-3-16(17)19(28)25-21)24-20(29)22-9-13-6-14(10-22)8-15(7-13)11-22/h5,13-15H,2-4,6-11H2,1H3,(H,24,29)(H,23,25,28). The molecule has 4 fully saturated rings. The van der Waals surface area contributed by atoms with Crippen molar-refractivity contribution in [3.8, 4) is 5.95 Å². The number of aromatic amines is 1. The van der Waals surface area contributed by atoms with Crippen LogP contribution in [-0.2, 0) is 17.6 Å². The number of H-pyrrole nitrogens is 1. The normalized spacial score (nSPS) is 31.8. The Morgan fingerprint density at radius 1 is 1.17 bits per heavy atom. The fourth-order valence-electron chi connectivity index (χ4n) is 6.92. The zero-order valence-corrected chi connectivity index (χ0v) is 16.8. The zero-order chi connectivity index (χ0) is 19.8. The van der Waals surface area contributed by atoms with E-state index in [9.17, 15) is 9.59 Å². The lowest BCUT2D eigenvalue weighted by Crippen LogP contribution is -2.51. The lowest BCUT2D eigenvalue weighted by atomic mass is 9.49. The molecule has 152 valence electrons. The molecule has 2 N–H and O–H groups in total. The summed E-state index contributed by atoms with van der Waals surface area (Å²) in [7, 11) is 0. The minimum absolute atomic E-state index is 0.0889. The van der Waals surface area contributed by atoms with E-state index in [4.69, 9.17) is 0 Å². The molecule has 5 aliphatic rings. The molecule has 7 nitrogen and oxygen atoms in total. The summed E-state index contributed by atoms with van der Waals surface area (Å²) in [5.41, 5.74) is 2.12. The molecule has 2 heterocycles. The molecule has 2 aromatic heterocycles. The Labute approximate surface area is 169 Å². The van der Waals surface area contributed by atoms with Gasteiger partial charge >= 0.3 is 0 Å². The zero-order valence-electron chi connectivity index (χ0n) is 16.8. The average molecular weight is 393 g/mol. The number of aryl methyl sites for hydroxylation is 2. The van der Waals surface area contributed by atoms with Crippen LogP contribution in [0, 0.1) is 30.1 Å². The average Bonchev–Trinajstić information content (AvgIpc) is 3.27. The van der Waals surface area contributed by atoms with E-state index in [0.717, 1.165) is 55.5 Å². The third kappa shape index (κ3) is 2.69. The molecule has 0 aromatic carbocycles. The van der Waals surface area contributed by atoms with Crippen LogP contribution in [0.15, 0.2) is 10.9 Å². The Hall–Kier alpha value is -2.44. The number of aromatic nitrogens is 4. The first kappa shape index (κ1) is 17.4. The summed E-state index contributed by atoms with van der Waals surface area (Å²) in [5, 5.41) is 7.69. The number of anilines is 1.